The van der Waals surface area contributed by atoms with Crippen molar-refractivity contribution in [1.82, 2.24) is 9.78 Å². The highest BCUT2D eigenvalue weighted by Gasteiger charge is 2.19. The third-order valence-corrected chi connectivity index (χ3v) is 2.55. The van der Waals surface area contributed by atoms with E-state index in [1.807, 2.05) is 22.6 Å². The van der Waals surface area contributed by atoms with Gasteiger partial charge in [0.1, 0.15) is 0 Å². The zero-order valence-electron chi connectivity index (χ0n) is 7.37. The molecule has 1 rings (SSSR count). The molecule has 2 N–H and O–H groups in total. The summed E-state index contributed by atoms with van der Waals surface area (Å²) in [7, 11) is 1.66. The van der Waals surface area contributed by atoms with Crippen molar-refractivity contribution in [2.24, 2.45) is 7.05 Å². The molecule has 1 aromatic heterocycles. The SMILES string of the molecule is CCOC(=O)c1c(I)c(N)nn1C. The minimum Gasteiger partial charge on any atom is -0.461 e. The number of nitrogens with two attached hydrogens (primary N) is 1. The van der Waals surface area contributed by atoms with Crippen LogP contribution >= 0.6 is 22.6 Å². The molecule has 0 saturated carbocycles. The summed E-state index contributed by atoms with van der Waals surface area (Å²) < 4.78 is 6.91. The molecule has 6 heteroatoms. The fourth-order valence-electron chi connectivity index (χ4n) is 0.940. The molecule has 0 aliphatic carbocycles. The molecule has 0 amide bonds. The van der Waals surface area contributed by atoms with Gasteiger partial charge in [0.25, 0.3) is 0 Å². The molecular weight excluding hydrogens is 285 g/mol. The van der Waals surface area contributed by atoms with Crippen LogP contribution in [0.3, 0.4) is 0 Å². The predicted molar refractivity (Wildman–Crippen MR) is 56.3 cm³/mol. The fourth-order valence-corrected chi connectivity index (χ4v) is 1.62. The van der Waals surface area contributed by atoms with E-state index in [-0.39, 0.29) is 0 Å². The average molecular weight is 295 g/mol. The van der Waals surface area contributed by atoms with Crippen LogP contribution < -0.4 is 5.73 Å². The maximum absolute atomic E-state index is 11.4. The van der Waals surface area contributed by atoms with E-state index in [1.54, 1.807) is 14.0 Å². The van der Waals surface area contributed by atoms with Crippen LogP contribution in [0.25, 0.3) is 0 Å². The number of carbonyl (C=O) groups is 1. The Morgan fingerprint density at radius 1 is 1.77 bits per heavy atom. The van der Waals surface area contributed by atoms with Crippen molar-refractivity contribution in [3.05, 3.63) is 9.26 Å². The molecule has 0 aliphatic heterocycles. The van der Waals surface area contributed by atoms with E-state index in [0.29, 0.717) is 21.7 Å². The highest BCUT2D eigenvalue weighted by Crippen LogP contribution is 2.18. The molecule has 0 radical (unpaired) electrons. The number of carbonyl (C=O) groups excluding carboxylic acids is 1. The first-order chi connectivity index (χ1) is 6.07. The molecule has 0 spiro atoms. The standard InChI is InChI=1S/C7H10IN3O2/c1-3-13-7(12)5-4(8)6(9)10-11(5)2/h3H2,1-2H3,(H2,9,10). The normalized spacial score (nSPS) is 10.1. The van der Waals surface area contributed by atoms with Gasteiger partial charge in [0.2, 0.25) is 0 Å². The quantitative estimate of drug-likeness (QED) is 0.646. The van der Waals surface area contributed by atoms with Gasteiger partial charge in [0.05, 0.1) is 10.2 Å². The zero-order valence-corrected chi connectivity index (χ0v) is 9.53. The summed E-state index contributed by atoms with van der Waals surface area (Å²) in [5, 5.41) is 3.90. The Morgan fingerprint density at radius 2 is 2.38 bits per heavy atom. The monoisotopic (exact) mass is 295 g/mol. The van der Waals surface area contributed by atoms with Gasteiger partial charge in [-0.25, -0.2) is 4.79 Å². The van der Waals surface area contributed by atoms with E-state index in [4.69, 9.17) is 10.5 Å². The summed E-state index contributed by atoms with van der Waals surface area (Å²) in [6.45, 7) is 2.10. The first-order valence-electron chi connectivity index (χ1n) is 3.73. The van der Waals surface area contributed by atoms with Gasteiger partial charge in [-0.15, -0.1) is 0 Å². The van der Waals surface area contributed by atoms with Crippen molar-refractivity contribution in [1.29, 1.82) is 0 Å². The number of halogens is 1. The van der Waals surface area contributed by atoms with Gasteiger partial charge in [0.15, 0.2) is 11.5 Å². The van der Waals surface area contributed by atoms with Crippen LogP contribution in [0.15, 0.2) is 0 Å². The number of hydrogen-bond acceptors (Lipinski definition) is 4. The lowest BCUT2D eigenvalue weighted by atomic mass is 10.4. The number of rotatable bonds is 2. The molecule has 0 fully saturated rings. The summed E-state index contributed by atoms with van der Waals surface area (Å²) in [5.41, 5.74) is 5.93. The van der Waals surface area contributed by atoms with Crippen molar-refractivity contribution in [3.8, 4) is 0 Å². The number of esters is 1. The lowest BCUT2D eigenvalue weighted by Crippen LogP contribution is -2.11. The van der Waals surface area contributed by atoms with E-state index >= 15 is 0 Å². The van der Waals surface area contributed by atoms with Crippen molar-refractivity contribution >= 4 is 34.4 Å². The topological polar surface area (TPSA) is 70.1 Å². The summed E-state index contributed by atoms with van der Waals surface area (Å²) >= 11 is 1.97. The number of aryl methyl sites for hydroxylation is 1. The molecule has 0 unspecified atom stereocenters. The van der Waals surface area contributed by atoms with Crippen molar-refractivity contribution in [3.63, 3.8) is 0 Å². The van der Waals surface area contributed by atoms with E-state index in [9.17, 15) is 4.79 Å². The van der Waals surface area contributed by atoms with E-state index in [0.717, 1.165) is 0 Å². The van der Waals surface area contributed by atoms with E-state index in [1.165, 1.54) is 4.68 Å². The molecule has 0 bridgehead atoms. The zero-order chi connectivity index (χ0) is 10.0. The van der Waals surface area contributed by atoms with Gasteiger partial charge in [0, 0.05) is 7.05 Å². The van der Waals surface area contributed by atoms with Crippen LogP contribution in [0.4, 0.5) is 5.82 Å². The van der Waals surface area contributed by atoms with Crippen molar-refractivity contribution in [2.45, 2.75) is 6.92 Å². The smallest absolute Gasteiger partial charge is 0.357 e. The number of aromatic nitrogens is 2. The Kier molecular flexibility index (Phi) is 3.12. The Morgan fingerprint density at radius 3 is 2.77 bits per heavy atom. The average Bonchev–Trinajstić information content (AvgIpc) is 2.27. The fraction of sp³-hybridized carbons (Fsp3) is 0.429. The Hall–Kier alpha value is -0.790. The molecule has 0 saturated heterocycles. The Labute approximate surface area is 89.4 Å². The van der Waals surface area contributed by atoms with Crippen molar-refractivity contribution in [2.75, 3.05) is 12.3 Å². The van der Waals surface area contributed by atoms with E-state index in [2.05, 4.69) is 5.10 Å². The predicted octanol–water partition coefficient (Wildman–Crippen LogP) is 0.784. The second-order valence-electron chi connectivity index (χ2n) is 2.39. The molecule has 13 heavy (non-hydrogen) atoms. The van der Waals surface area contributed by atoms with E-state index < -0.39 is 5.97 Å². The van der Waals surface area contributed by atoms with Crippen LogP contribution in [-0.4, -0.2) is 22.4 Å². The number of nitrogens with zero attached hydrogens (tertiary/aromatic N) is 2. The van der Waals surface area contributed by atoms with Gasteiger partial charge in [-0.05, 0) is 29.5 Å². The van der Waals surface area contributed by atoms with Crippen LogP contribution in [0, 0.1) is 3.57 Å². The van der Waals surface area contributed by atoms with Gasteiger partial charge >= 0.3 is 5.97 Å². The van der Waals surface area contributed by atoms with Crippen molar-refractivity contribution < 1.29 is 9.53 Å². The molecule has 0 aliphatic rings. The minimum atomic E-state index is -0.390. The largest absolute Gasteiger partial charge is 0.461 e. The Bertz CT molecular complexity index is 335. The molecular formula is C7H10IN3O2. The highest BCUT2D eigenvalue weighted by molar-refractivity contribution is 14.1. The highest BCUT2D eigenvalue weighted by atomic mass is 127. The minimum absolute atomic E-state index is 0.347. The maximum Gasteiger partial charge on any atom is 0.357 e. The number of nitrogen functional groups attached to an aromatic ring is 1. The number of hydrogen-bond donors (Lipinski definition) is 1. The molecule has 5 nitrogen and oxygen atoms in total. The lowest BCUT2D eigenvalue weighted by molar-refractivity contribution is 0.0512. The second kappa shape index (κ2) is 3.95. The molecule has 0 atom stereocenters. The summed E-state index contributed by atoms with van der Waals surface area (Å²) in [5.74, 6) is -0.0373. The molecule has 72 valence electrons. The third-order valence-electron chi connectivity index (χ3n) is 1.48. The van der Waals surface area contributed by atoms with Gasteiger partial charge in [-0.2, -0.15) is 5.10 Å². The first kappa shape index (κ1) is 10.3. The van der Waals surface area contributed by atoms with Gasteiger partial charge in [-0.3, -0.25) is 4.68 Å². The van der Waals surface area contributed by atoms with Crippen LogP contribution in [0.5, 0.6) is 0 Å². The number of anilines is 1. The van der Waals surface area contributed by atoms with Crippen LogP contribution in [-0.2, 0) is 11.8 Å². The van der Waals surface area contributed by atoms with Gasteiger partial charge < -0.3 is 10.5 Å². The number of ether oxygens (including phenoxy) is 1. The summed E-state index contributed by atoms with van der Waals surface area (Å²) in [6, 6.07) is 0. The summed E-state index contributed by atoms with van der Waals surface area (Å²) in [6.07, 6.45) is 0. The second-order valence-corrected chi connectivity index (χ2v) is 3.47. The maximum atomic E-state index is 11.4. The molecule has 0 aromatic carbocycles. The van der Waals surface area contributed by atoms with Crippen LogP contribution in [0.1, 0.15) is 17.4 Å². The first-order valence-corrected chi connectivity index (χ1v) is 4.80. The summed E-state index contributed by atoms with van der Waals surface area (Å²) in [4.78, 5) is 11.4. The Balaban J connectivity index is 3.06. The van der Waals surface area contributed by atoms with Gasteiger partial charge in [-0.1, -0.05) is 0 Å². The third kappa shape index (κ3) is 1.93. The van der Waals surface area contributed by atoms with Crippen LogP contribution in [0.2, 0.25) is 0 Å². The molecule has 1 aromatic rings. The molecule has 1 heterocycles. The lowest BCUT2D eigenvalue weighted by Gasteiger charge is -2.01.